The molecule has 2 aromatic heterocycles. The van der Waals surface area contributed by atoms with Crippen molar-refractivity contribution in [1.29, 1.82) is 0 Å². The Bertz CT molecular complexity index is 551. The highest BCUT2D eigenvalue weighted by atomic mass is 32.1. The first-order valence-electron chi connectivity index (χ1n) is 6.54. The van der Waals surface area contributed by atoms with Gasteiger partial charge in [-0.2, -0.15) is 0 Å². The van der Waals surface area contributed by atoms with Crippen LogP contribution in [0.5, 0.6) is 0 Å². The first-order valence-corrected chi connectivity index (χ1v) is 7.42. The van der Waals surface area contributed by atoms with E-state index in [-0.39, 0.29) is 18.0 Å². The summed E-state index contributed by atoms with van der Waals surface area (Å²) >= 11 is 1.60. The van der Waals surface area contributed by atoms with Gasteiger partial charge in [-0.05, 0) is 32.9 Å². The summed E-state index contributed by atoms with van der Waals surface area (Å²) in [6.07, 6.45) is 1.59. The van der Waals surface area contributed by atoms with Gasteiger partial charge in [0.15, 0.2) is 0 Å². The van der Waals surface area contributed by atoms with E-state index in [1.807, 2.05) is 32.2 Å². The van der Waals surface area contributed by atoms with Gasteiger partial charge in [-0.1, -0.05) is 0 Å². The molecule has 0 saturated heterocycles. The fourth-order valence-corrected chi connectivity index (χ4v) is 2.65. The van der Waals surface area contributed by atoms with E-state index in [1.54, 1.807) is 23.7 Å². The van der Waals surface area contributed by atoms with Crippen molar-refractivity contribution in [2.45, 2.75) is 39.4 Å². The molecule has 0 fully saturated rings. The molecule has 0 aliphatic heterocycles. The summed E-state index contributed by atoms with van der Waals surface area (Å²) in [5.41, 5.74) is 1.01. The molecule has 0 aliphatic rings. The minimum Gasteiger partial charge on any atom is -0.467 e. The van der Waals surface area contributed by atoms with Crippen molar-refractivity contribution in [3.8, 4) is 0 Å². The molecule has 2 atom stereocenters. The Hall–Kier alpha value is -1.66. The Balaban J connectivity index is 1.81. The molecule has 108 valence electrons. The van der Waals surface area contributed by atoms with Crippen LogP contribution in [-0.4, -0.2) is 16.9 Å². The number of nitrogens with one attached hydrogen (secondary N) is 2. The van der Waals surface area contributed by atoms with Crippen LogP contribution in [0.3, 0.4) is 0 Å². The lowest BCUT2D eigenvalue weighted by Crippen LogP contribution is -2.42. The van der Waals surface area contributed by atoms with Gasteiger partial charge in [-0.15, -0.1) is 11.3 Å². The minimum atomic E-state index is -0.288. The van der Waals surface area contributed by atoms with E-state index < -0.39 is 0 Å². The quantitative estimate of drug-likeness (QED) is 0.858. The average molecular weight is 293 g/mol. The summed E-state index contributed by atoms with van der Waals surface area (Å²) in [6, 6.07) is 3.40. The number of carbonyl (C=O) groups excluding carboxylic acids is 1. The SMILES string of the molecule is Cc1csc(C(C)NC(C)C(=O)NCc2ccco2)n1. The van der Waals surface area contributed by atoms with Crippen molar-refractivity contribution in [1.82, 2.24) is 15.6 Å². The molecule has 0 aromatic carbocycles. The maximum atomic E-state index is 12.0. The number of rotatable bonds is 6. The number of nitrogens with zero attached hydrogens (tertiary/aromatic N) is 1. The summed E-state index contributed by atoms with van der Waals surface area (Å²) in [5, 5.41) is 9.08. The Labute approximate surface area is 122 Å². The van der Waals surface area contributed by atoms with Crippen LogP contribution in [-0.2, 0) is 11.3 Å². The topological polar surface area (TPSA) is 67.2 Å². The van der Waals surface area contributed by atoms with E-state index in [0.29, 0.717) is 6.54 Å². The number of aryl methyl sites for hydroxylation is 1. The third-order valence-corrected chi connectivity index (χ3v) is 4.06. The Morgan fingerprint density at radius 1 is 1.50 bits per heavy atom. The largest absolute Gasteiger partial charge is 0.467 e. The van der Waals surface area contributed by atoms with Crippen molar-refractivity contribution in [3.63, 3.8) is 0 Å². The molecule has 0 saturated carbocycles. The first kappa shape index (κ1) is 14.7. The molecule has 0 radical (unpaired) electrons. The van der Waals surface area contributed by atoms with Crippen molar-refractivity contribution in [2.75, 3.05) is 0 Å². The number of furan rings is 1. The molecule has 0 bridgehead atoms. The molecule has 2 N–H and O–H groups in total. The highest BCUT2D eigenvalue weighted by Gasteiger charge is 2.17. The summed E-state index contributed by atoms with van der Waals surface area (Å²) in [7, 11) is 0. The number of aromatic nitrogens is 1. The van der Waals surface area contributed by atoms with Gasteiger partial charge in [0.1, 0.15) is 10.8 Å². The number of amides is 1. The maximum Gasteiger partial charge on any atom is 0.237 e. The monoisotopic (exact) mass is 293 g/mol. The maximum absolute atomic E-state index is 12.0. The molecule has 2 rings (SSSR count). The van der Waals surface area contributed by atoms with Gasteiger partial charge in [0, 0.05) is 11.1 Å². The van der Waals surface area contributed by atoms with Gasteiger partial charge in [-0.3, -0.25) is 10.1 Å². The van der Waals surface area contributed by atoms with Gasteiger partial charge >= 0.3 is 0 Å². The highest BCUT2D eigenvalue weighted by molar-refractivity contribution is 7.09. The predicted molar refractivity (Wildman–Crippen MR) is 78.4 cm³/mol. The fraction of sp³-hybridized carbons (Fsp3) is 0.429. The molecular weight excluding hydrogens is 274 g/mol. The van der Waals surface area contributed by atoms with Crippen LogP contribution in [0, 0.1) is 6.92 Å². The van der Waals surface area contributed by atoms with E-state index in [1.165, 1.54) is 0 Å². The van der Waals surface area contributed by atoms with Gasteiger partial charge in [0.2, 0.25) is 5.91 Å². The summed E-state index contributed by atoms with van der Waals surface area (Å²) in [5.74, 6) is 0.690. The molecular formula is C14H19N3O2S. The molecule has 2 aromatic rings. The van der Waals surface area contributed by atoms with Crippen LogP contribution in [0.4, 0.5) is 0 Å². The van der Waals surface area contributed by atoms with Crippen molar-refractivity contribution in [2.24, 2.45) is 0 Å². The third kappa shape index (κ3) is 3.91. The number of hydrogen-bond acceptors (Lipinski definition) is 5. The normalized spacial score (nSPS) is 13.9. The molecule has 2 unspecified atom stereocenters. The lowest BCUT2D eigenvalue weighted by atomic mass is 10.2. The number of carbonyl (C=O) groups is 1. The lowest BCUT2D eigenvalue weighted by Gasteiger charge is -2.17. The zero-order chi connectivity index (χ0) is 14.5. The highest BCUT2D eigenvalue weighted by Crippen LogP contribution is 2.17. The van der Waals surface area contributed by atoms with Crippen LogP contribution in [0.25, 0.3) is 0 Å². The van der Waals surface area contributed by atoms with E-state index in [0.717, 1.165) is 16.5 Å². The second-order valence-corrected chi connectivity index (χ2v) is 5.62. The van der Waals surface area contributed by atoms with Crippen molar-refractivity contribution < 1.29 is 9.21 Å². The molecule has 6 heteroatoms. The van der Waals surface area contributed by atoms with Gasteiger partial charge in [0.05, 0.1) is 24.9 Å². The average Bonchev–Trinajstić information content (AvgIpc) is 3.06. The van der Waals surface area contributed by atoms with Crippen LogP contribution < -0.4 is 10.6 Å². The zero-order valence-corrected chi connectivity index (χ0v) is 12.7. The van der Waals surface area contributed by atoms with Crippen LogP contribution in [0.15, 0.2) is 28.2 Å². The lowest BCUT2D eigenvalue weighted by molar-refractivity contribution is -0.123. The van der Waals surface area contributed by atoms with Crippen LogP contribution >= 0.6 is 11.3 Å². The van der Waals surface area contributed by atoms with E-state index in [9.17, 15) is 4.79 Å². The van der Waals surface area contributed by atoms with E-state index >= 15 is 0 Å². The molecule has 20 heavy (non-hydrogen) atoms. The van der Waals surface area contributed by atoms with Gasteiger partial charge in [-0.25, -0.2) is 4.98 Å². The first-order chi connectivity index (χ1) is 9.56. The van der Waals surface area contributed by atoms with Crippen LogP contribution in [0.1, 0.15) is 36.4 Å². The van der Waals surface area contributed by atoms with Gasteiger partial charge < -0.3 is 9.73 Å². The van der Waals surface area contributed by atoms with E-state index in [2.05, 4.69) is 15.6 Å². The molecule has 1 amide bonds. The third-order valence-electron chi connectivity index (χ3n) is 2.92. The molecule has 0 aliphatic carbocycles. The minimum absolute atomic E-state index is 0.0538. The Kier molecular flexibility index (Phi) is 4.92. The molecule has 2 heterocycles. The standard InChI is InChI=1S/C14H19N3O2S/c1-9-8-20-14(16-9)11(3)17-10(2)13(18)15-7-12-5-4-6-19-12/h4-6,8,10-11,17H,7H2,1-3H3,(H,15,18). The van der Waals surface area contributed by atoms with Crippen molar-refractivity contribution >= 4 is 17.2 Å². The Morgan fingerprint density at radius 3 is 2.90 bits per heavy atom. The smallest absolute Gasteiger partial charge is 0.237 e. The van der Waals surface area contributed by atoms with E-state index in [4.69, 9.17) is 4.42 Å². The summed E-state index contributed by atoms with van der Waals surface area (Å²) in [6.45, 7) is 6.22. The summed E-state index contributed by atoms with van der Waals surface area (Å²) in [4.78, 5) is 16.4. The Morgan fingerprint density at radius 2 is 2.30 bits per heavy atom. The van der Waals surface area contributed by atoms with Crippen molar-refractivity contribution in [3.05, 3.63) is 40.2 Å². The second kappa shape index (κ2) is 6.67. The van der Waals surface area contributed by atoms with Crippen LogP contribution in [0.2, 0.25) is 0 Å². The predicted octanol–water partition coefficient (Wildman–Crippen LogP) is 2.40. The number of hydrogen-bond donors (Lipinski definition) is 2. The molecule has 5 nitrogen and oxygen atoms in total. The number of thiazole rings is 1. The molecule has 0 spiro atoms. The second-order valence-electron chi connectivity index (χ2n) is 4.73. The zero-order valence-electron chi connectivity index (χ0n) is 11.8. The fourth-order valence-electron chi connectivity index (χ4n) is 1.83. The van der Waals surface area contributed by atoms with Gasteiger partial charge in [0.25, 0.3) is 0 Å². The summed E-state index contributed by atoms with van der Waals surface area (Å²) < 4.78 is 5.17.